The number of guanidine groups is 1. The normalized spacial score (nSPS) is 10.7. The Hall–Kier alpha value is -2.29. The number of hydrogen-bond acceptors (Lipinski definition) is 3. The van der Waals surface area contributed by atoms with Crippen molar-refractivity contribution >= 4 is 47.2 Å². The van der Waals surface area contributed by atoms with Gasteiger partial charge in [0.15, 0.2) is 5.96 Å². The minimum Gasteiger partial charge on any atom is -0.495 e. The second-order valence-corrected chi connectivity index (χ2v) is 5.59. The van der Waals surface area contributed by atoms with Crippen molar-refractivity contribution in [2.24, 2.45) is 10.7 Å². The highest BCUT2D eigenvalue weighted by Crippen LogP contribution is 2.25. The Morgan fingerprint density at radius 1 is 1.12 bits per heavy atom. The molecule has 0 saturated heterocycles. The molecule has 7 heteroatoms. The van der Waals surface area contributed by atoms with Crippen LogP contribution in [-0.4, -0.2) is 19.0 Å². The van der Waals surface area contributed by atoms with Gasteiger partial charge in [-0.3, -0.25) is 4.79 Å². The summed E-state index contributed by atoms with van der Waals surface area (Å²) in [5.41, 5.74) is 9.64. The molecule has 0 atom stereocenters. The molecule has 1 amide bonds. The van der Waals surface area contributed by atoms with E-state index in [-0.39, 0.29) is 29.9 Å². The molecule has 0 saturated carbocycles. The number of hydrogen-bond donors (Lipinski definition) is 3. The third-order valence-electron chi connectivity index (χ3n) is 3.64. The molecule has 0 fully saturated rings. The van der Waals surface area contributed by atoms with E-state index < -0.39 is 0 Å². The predicted octanol–water partition coefficient (Wildman–Crippen LogP) is 3.76. The fraction of sp³-hybridized carbons (Fsp3) is 0.263. The number of nitrogens with one attached hydrogen (secondary N) is 2. The van der Waals surface area contributed by atoms with Crippen LogP contribution in [0.15, 0.2) is 47.5 Å². The zero-order chi connectivity index (χ0) is 18.2. The van der Waals surface area contributed by atoms with E-state index in [9.17, 15) is 4.79 Å². The first-order valence-electron chi connectivity index (χ1n) is 8.12. The van der Waals surface area contributed by atoms with Crippen molar-refractivity contribution in [3.05, 3.63) is 53.6 Å². The van der Waals surface area contributed by atoms with Gasteiger partial charge in [-0.1, -0.05) is 25.1 Å². The smallest absolute Gasteiger partial charge is 0.221 e. The van der Waals surface area contributed by atoms with Crippen LogP contribution in [0.3, 0.4) is 0 Å². The van der Waals surface area contributed by atoms with Gasteiger partial charge in [0, 0.05) is 12.6 Å². The van der Waals surface area contributed by atoms with E-state index in [1.54, 1.807) is 13.2 Å². The maximum atomic E-state index is 11.3. The number of aryl methyl sites for hydroxylation is 1. The molecule has 0 aliphatic rings. The van der Waals surface area contributed by atoms with Crippen LogP contribution in [0.25, 0.3) is 0 Å². The average Bonchev–Trinajstić information content (AvgIpc) is 2.60. The van der Waals surface area contributed by atoms with Gasteiger partial charge in [-0.15, -0.1) is 24.0 Å². The van der Waals surface area contributed by atoms with Crippen LogP contribution < -0.4 is 21.1 Å². The first kappa shape index (κ1) is 21.8. The molecule has 2 aromatic carbocycles. The van der Waals surface area contributed by atoms with Crippen LogP contribution in [0.5, 0.6) is 5.75 Å². The van der Waals surface area contributed by atoms with E-state index in [0.717, 1.165) is 17.7 Å². The quantitative estimate of drug-likeness (QED) is 0.342. The first-order chi connectivity index (χ1) is 12.0. The van der Waals surface area contributed by atoms with E-state index in [1.165, 1.54) is 12.5 Å². The van der Waals surface area contributed by atoms with Gasteiger partial charge in [-0.2, -0.15) is 0 Å². The monoisotopic (exact) mass is 468 g/mol. The fourth-order valence-corrected chi connectivity index (χ4v) is 2.33. The minimum absolute atomic E-state index is 0. The van der Waals surface area contributed by atoms with Gasteiger partial charge in [0.05, 0.1) is 19.3 Å². The molecular weight excluding hydrogens is 443 g/mol. The van der Waals surface area contributed by atoms with Gasteiger partial charge >= 0.3 is 0 Å². The number of carbonyl (C=O) groups excluding carboxylic acids is 1. The molecule has 2 rings (SSSR count). The molecule has 0 aliphatic carbocycles. The minimum atomic E-state index is -0.157. The van der Waals surface area contributed by atoms with Crippen LogP contribution in [0.2, 0.25) is 0 Å². The Morgan fingerprint density at radius 3 is 2.35 bits per heavy atom. The number of halogens is 1. The number of aliphatic imine (C=N–C) groups is 1. The number of nitrogens with zero attached hydrogens (tertiary/aromatic N) is 1. The molecule has 0 aromatic heterocycles. The molecule has 0 heterocycles. The summed E-state index contributed by atoms with van der Waals surface area (Å²) >= 11 is 0. The summed E-state index contributed by atoms with van der Waals surface area (Å²) in [6.07, 6.45) is 0.998. The van der Waals surface area contributed by atoms with Gasteiger partial charge in [-0.05, 0) is 41.8 Å². The number of rotatable bonds is 6. The molecule has 2 aromatic rings. The number of methoxy groups -OCH3 is 1. The topological polar surface area (TPSA) is 88.7 Å². The number of carbonyl (C=O) groups is 1. The largest absolute Gasteiger partial charge is 0.495 e. The maximum absolute atomic E-state index is 11.3. The Bertz CT molecular complexity index is 761. The lowest BCUT2D eigenvalue weighted by Gasteiger charge is -2.11. The van der Waals surface area contributed by atoms with Crippen molar-refractivity contribution in [1.82, 2.24) is 0 Å². The SMILES string of the molecule is CCc1ccc(NC(N)=NCc2ccc(OC)c(NC(C)=O)c2)cc1.I. The van der Waals surface area contributed by atoms with Crippen LogP contribution in [0.4, 0.5) is 11.4 Å². The number of amides is 1. The molecule has 0 aliphatic heterocycles. The third-order valence-corrected chi connectivity index (χ3v) is 3.64. The molecule has 0 spiro atoms. The second kappa shape index (κ2) is 10.6. The Morgan fingerprint density at radius 2 is 1.77 bits per heavy atom. The highest BCUT2D eigenvalue weighted by Gasteiger charge is 2.06. The van der Waals surface area contributed by atoms with Crippen LogP contribution >= 0.6 is 24.0 Å². The highest BCUT2D eigenvalue weighted by atomic mass is 127. The van der Waals surface area contributed by atoms with E-state index in [1.807, 2.05) is 24.3 Å². The molecule has 140 valence electrons. The summed E-state index contributed by atoms with van der Waals surface area (Å²) in [5, 5.41) is 5.81. The lowest BCUT2D eigenvalue weighted by atomic mass is 10.1. The Balaban J connectivity index is 0.00000338. The summed E-state index contributed by atoms with van der Waals surface area (Å²) < 4.78 is 5.24. The van der Waals surface area contributed by atoms with Gasteiger partial charge in [-0.25, -0.2) is 4.99 Å². The Labute approximate surface area is 171 Å². The van der Waals surface area contributed by atoms with E-state index in [2.05, 4.69) is 34.7 Å². The zero-order valence-electron chi connectivity index (χ0n) is 15.2. The Kier molecular flexibility index (Phi) is 8.91. The first-order valence-corrected chi connectivity index (χ1v) is 8.12. The highest BCUT2D eigenvalue weighted by molar-refractivity contribution is 14.0. The number of benzene rings is 2. The van der Waals surface area contributed by atoms with Crippen LogP contribution in [0, 0.1) is 0 Å². The summed E-state index contributed by atoms with van der Waals surface area (Å²) in [5.74, 6) is 0.779. The summed E-state index contributed by atoms with van der Waals surface area (Å²) in [4.78, 5) is 15.6. The average molecular weight is 468 g/mol. The van der Waals surface area contributed by atoms with Gasteiger partial charge < -0.3 is 21.1 Å². The predicted molar refractivity (Wildman–Crippen MR) is 117 cm³/mol. The van der Waals surface area contributed by atoms with Crippen molar-refractivity contribution in [3.63, 3.8) is 0 Å². The number of anilines is 2. The van der Waals surface area contributed by atoms with E-state index >= 15 is 0 Å². The van der Waals surface area contributed by atoms with Crippen LogP contribution in [0.1, 0.15) is 25.0 Å². The van der Waals surface area contributed by atoms with Gasteiger partial charge in [0.2, 0.25) is 5.91 Å². The number of nitrogens with two attached hydrogens (primary N) is 1. The second-order valence-electron chi connectivity index (χ2n) is 5.59. The summed E-state index contributed by atoms with van der Waals surface area (Å²) in [6.45, 7) is 3.96. The third kappa shape index (κ3) is 6.55. The van der Waals surface area contributed by atoms with Crippen molar-refractivity contribution in [2.45, 2.75) is 26.8 Å². The summed E-state index contributed by atoms with van der Waals surface area (Å²) in [7, 11) is 1.56. The standard InChI is InChI=1S/C19H24N4O2.HI/c1-4-14-5-8-16(9-6-14)23-19(20)21-12-15-7-10-18(25-3)17(11-15)22-13(2)24;/h5-11H,4,12H2,1-3H3,(H,22,24)(H3,20,21,23);1H. The van der Waals surface area contributed by atoms with Crippen molar-refractivity contribution in [3.8, 4) is 5.75 Å². The van der Waals surface area contributed by atoms with Gasteiger partial charge in [0.25, 0.3) is 0 Å². The van der Waals surface area contributed by atoms with Gasteiger partial charge in [0.1, 0.15) is 5.75 Å². The summed E-state index contributed by atoms with van der Waals surface area (Å²) in [6, 6.07) is 13.6. The molecule has 4 N–H and O–H groups in total. The molecule has 0 unspecified atom stereocenters. The van der Waals surface area contributed by atoms with Crippen molar-refractivity contribution < 1.29 is 9.53 Å². The fourth-order valence-electron chi connectivity index (χ4n) is 2.33. The van der Waals surface area contributed by atoms with Crippen LogP contribution in [-0.2, 0) is 17.8 Å². The van der Waals surface area contributed by atoms with Crippen molar-refractivity contribution in [2.75, 3.05) is 17.7 Å². The van der Waals surface area contributed by atoms with E-state index in [0.29, 0.717) is 23.9 Å². The lowest BCUT2D eigenvalue weighted by Crippen LogP contribution is -2.22. The van der Waals surface area contributed by atoms with Crippen molar-refractivity contribution in [1.29, 1.82) is 0 Å². The lowest BCUT2D eigenvalue weighted by molar-refractivity contribution is -0.114. The molecule has 6 nitrogen and oxygen atoms in total. The maximum Gasteiger partial charge on any atom is 0.221 e. The van der Waals surface area contributed by atoms with E-state index in [4.69, 9.17) is 10.5 Å². The molecular formula is C19H25IN4O2. The zero-order valence-corrected chi connectivity index (χ0v) is 17.5. The molecule has 0 bridgehead atoms. The molecule has 26 heavy (non-hydrogen) atoms. The number of ether oxygens (including phenoxy) is 1. The molecule has 0 radical (unpaired) electrons.